The summed E-state index contributed by atoms with van der Waals surface area (Å²) in [5.41, 5.74) is 1.18. The van der Waals surface area contributed by atoms with E-state index in [1.54, 1.807) is 0 Å². The number of carbonyl (C=O) groups is 1. The van der Waals surface area contributed by atoms with Gasteiger partial charge < -0.3 is 19.7 Å². The second-order valence-corrected chi connectivity index (χ2v) is 6.34. The van der Waals surface area contributed by atoms with Crippen molar-refractivity contribution in [1.29, 1.82) is 0 Å². The van der Waals surface area contributed by atoms with Gasteiger partial charge >= 0.3 is 0 Å². The van der Waals surface area contributed by atoms with Gasteiger partial charge in [0.15, 0.2) is 0 Å². The molecule has 0 unspecified atom stereocenters. The number of hydrogen-bond donors (Lipinski definition) is 1. The van der Waals surface area contributed by atoms with Gasteiger partial charge in [-0.2, -0.15) is 0 Å². The molecule has 21 heavy (non-hydrogen) atoms. The Bertz CT molecular complexity index is 447. The summed E-state index contributed by atoms with van der Waals surface area (Å²) in [6.45, 7) is 10.3. The first-order valence-electron chi connectivity index (χ1n) is 7.87. The molecule has 1 N–H and O–H groups in total. The van der Waals surface area contributed by atoms with Crippen molar-refractivity contribution >= 4 is 5.91 Å². The zero-order chi connectivity index (χ0) is 15.2. The number of amides is 1. The van der Waals surface area contributed by atoms with Crippen LogP contribution in [0, 0.1) is 5.92 Å². The quantitative estimate of drug-likeness (QED) is 0.850. The van der Waals surface area contributed by atoms with Gasteiger partial charge in [0.1, 0.15) is 6.54 Å². The molecule has 0 bridgehead atoms. The van der Waals surface area contributed by atoms with Gasteiger partial charge in [0.25, 0.3) is 0 Å². The van der Waals surface area contributed by atoms with Crippen LogP contribution >= 0.6 is 0 Å². The molecule has 2 heterocycles. The van der Waals surface area contributed by atoms with E-state index < -0.39 is 0 Å². The minimum Gasteiger partial charge on any atom is -0.341 e. The molecule has 1 aromatic rings. The van der Waals surface area contributed by atoms with Crippen LogP contribution in [0.3, 0.4) is 0 Å². The van der Waals surface area contributed by atoms with Crippen molar-refractivity contribution in [2.75, 3.05) is 39.8 Å². The van der Waals surface area contributed by atoms with E-state index in [9.17, 15) is 4.79 Å². The molecule has 0 saturated carbocycles. The van der Waals surface area contributed by atoms with Gasteiger partial charge in [0.2, 0.25) is 5.91 Å². The SMILES string of the molecule is CC(C)CNCc1cccn1CC(=O)N1CCN(C)CC1. The van der Waals surface area contributed by atoms with Crippen molar-refractivity contribution in [2.45, 2.75) is 26.9 Å². The molecule has 0 atom stereocenters. The summed E-state index contributed by atoms with van der Waals surface area (Å²) in [4.78, 5) is 16.6. The largest absolute Gasteiger partial charge is 0.341 e. The van der Waals surface area contributed by atoms with Crippen molar-refractivity contribution in [2.24, 2.45) is 5.92 Å². The third-order valence-corrected chi connectivity index (χ3v) is 3.94. The summed E-state index contributed by atoms with van der Waals surface area (Å²) in [6, 6.07) is 4.11. The Hall–Kier alpha value is -1.33. The van der Waals surface area contributed by atoms with Crippen LogP contribution in [-0.4, -0.2) is 60.0 Å². The molecule has 1 fully saturated rings. The van der Waals surface area contributed by atoms with Crippen molar-refractivity contribution in [3.05, 3.63) is 24.0 Å². The zero-order valence-electron chi connectivity index (χ0n) is 13.5. The Balaban J connectivity index is 1.85. The fraction of sp³-hybridized carbons (Fsp3) is 0.688. The van der Waals surface area contributed by atoms with Crippen LogP contribution in [0.15, 0.2) is 18.3 Å². The predicted octanol–water partition coefficient (Wildman–Crippen LogP) is 1.01. The molecule has 118 valence electrons. The van der Waals surface area contributed by atoms with Crippen LogP contribution in [0.1, 0.15) is 19.5 Å². The minimum absolute atomic E-state index is 0.226. The number of carbonyl (C=O) groups excluding carboxylic acids is 1. The van der Waals surface area contributed by atoms with Gasteiger partial charge in [-0.1, -0.05) is 13.8 Å². The molecule has 1 saturated heterocycles. The smallest absolute Gasteiger partial charge is 0.242 e. The van der Waals surface area contributed by atoms with Crippen molar-refractivity contribution in [3.8, 4) is 0 Å². The molecule has 0 aliphatic carbocycles. The highest BCUT2D eigenvalue weighted by molar-refractivity contribution is 5.76. The van der Waals surface area contributed by atoms with Gasteiger partial charge in [-0.05, 0) is 31.6 Å². The lowest BCUT2D eigenvalue weighted by Gasteiger charge is -2.32. The number of nitrogens with one attached hydrogen (secondary N) is 1. The second-order valence-electron chi connectivity index (χ2n) is 6.34. The van der Waals surface area contributed by atoms with Gasteiger partial charge in [0, 0.05) is 44.6 Å². The molecule has 0 aromatic carbocycles. The number of piperazine rings is 1. The molecule has 1 aromatic heterocycles. The van der Waals surface area contributed by atoms with Gasteiger partial charge in [0.05, 0.1) is 0 Å². The lowest BCUT2D eigenvalue weighted by molar-refractivity contribution is -0.133. The van der Waals surface area contributed by atoms with Crippen molar-refractivity contribution in [3.63, 3.8) is 0 Å². The van der Waals surface area contributed by atoms with E-state index in [4.69, 9.17) is 0 Å². The molecule has 5 heteroatoms. The first-order valence-corrected chi connectivity index (χ1v) is 7.87. The Labute approximate surface area is 127 Å². The monoisotopic (exact) mass is 292 g/mol. The molecular formula is C16H28N4O. The first-order chi connectivity index (χ1) is 10.1. The normalized spacial score (nSPS) is 16.7. The number of nitrogens with zero attached hydrogens (tertiary/aromatic N) is 3. The van der Waals surface area contributed by atoms with Crippen molar-refractivity contribution in [1.82, 2.24) is 19.7 Å². The summed E-state index contributed by atoms with van der Waals surface area (Å²) < 4.78 is 2.06. The maximum Gasteiger partial charge on any atom is 0.242 e. The number of hydrogen-bond acceptors (Lipinski definition) is 3. The molecular weight excluding hydrogens is 264 g/mol. The summed E-state index contributed by atoms with van der Waals surface area (Å²) >= 11 is 0. The number of aromatic nitrogens is 1. The third-order valence-electron chi connectivity index (χ3n) is 3.94. The van der Waals surface area contributed by atoms with Gasteiger partial charge in [-0.15, -0.1) is 0 Å². The van der Waals surface area contributed by atoms with Crippen LogP contribution in [-0.2, 0) is 17.9 Å². The van der Waals surface area contributed by atoms with E-state index >= 15 is 0 Å². The maximum absolute atomic E-state index is 12.4. The van der Waals surface area contributed by atoms with Crippen LogP contribution < -0.4 is 5.32 Å². The highest BCUT2D eigenvalue weighted by Gasteiger charge is 2.19. The fourth-order valence-corrected chi connectivity index (χ4v) is 2.55. The van der Waals surface area contributed by atoms with Crippen LogP contribution in [0.5, 0.6) is 0 Å². The Morgan fingerprint density at radius 3 is 2.67 bits per heavy atom. The molecule has 1 aliphatic rings. The molecule has 0 radical (unpaired) electrons. The van der Waals surface area contributed by atoms with Crippen molar-refractivity contribution < 1.29 is 4.79 Å². The molecule has 5 nitrogen and oxygen atoms in total. The molecule has 1 aliphatic heterocycles. The molecule has 0 spiro atoms. The minimum atomic E-state index is 0.226. The summed E-state index contributed by atoms with van der Waals surface area (Å²) in [5, 5.41) is 3.43. The maximum atomic E-state index is 12.4. The van der Waals surface area contributed by atoms with E-state index in [-0.39, 0.29) is 5.91 Å². The van der Waals surface area contributed by atoms with E-state index in [0.29, 0.717) is 12.5 Å². The Morgan fingerprint density at radius 1 is 1.29 bits per heavy atom. The highest BCUT2D eigenvalue weighted by atomic mass is 16.2. The third kappa shape index (κ3) is 4.86. The molecule has 2 rings (SSSR count). The highest BCUT2D eigenvalue weighted by Crippen LogP contribution is 2.06. The standard InChI is InChI=1S/C16H28N4O/c1-14(2)11-17-12-15-5-4-6-20(15)13-16(21)19-9-7-18(3)8-10-19/h4-6,14,17H,7-13H2,1-3H3. The number of rotatable bonds is 6. The second kappa shape index (κ2) is 7.61. The summed E-state index contributed by atoms with van der Waals surface area (Å²) in [5.74, 6) is 0.866. The van der Waals surface area contributed by atoms with Gasteiger partial charge in [-0.3, -0.25) is 4.79 Å². The Kier molecular flexibility index (Phi) is 5.82. The molecule has 1 amide bonds. The lowest BCUT2D eigenvalue weighted by atomic mass is 10.2. The van der Waals surface area contributed by atoms with Gasteiger partial charge in [-0.25, -0.2) is 0 Å². The van der Waals surface area contributed by atoms with E-state index in [0.717, 1.165) is 39.3 Å². The lowest BCUT2D eigenvalue weighted by Crippen LogP contribution is -2.48. The number of likely N-dealkylation sites (N-methyl/N-ethyl adjacent to an activating group) is 1. The van der Waals surface area contributed by atoms with E-state index in [1.165, 1.54) is 5.69 Å². The topological polar surface area (TPSA) is 40.5 Å². The van der Waals surface area contributed by atoms with Crippen LogP contribution in [0.25, 0.3) is 0 Å². The first kappa shape index (κ1) is 16.0. The summed E-state index contributed by atoms with van der Waals surface area (Å²) in [7, 11) is 2.10. The van der Waals surface area contributed by atoms with E-state index in [2.05, 4.69) is 41.7 Å². The zero-order valence-corrected chi connectivity index (χ0v) is 13.5. The Morgan fingerprint density at radius 2 is 2.00 bits per heavy atom. The van der Waals surface area contributed by atoms with E-state index in [1.807, 2.05) is 17.2 Å². The predicted molar refractivity (Wildman–Crippen MR) is 85.1 cm³/mol. The average molecular weight is 292 g/mol. The average Bonchev–Trinajstić information content (AvgIpc) is 2.86. The fourth-order valence-electron chi connectivity index (χ4n) is 2.55. The van der Waals surface area contributed by atoms with Crippen LogP contribution in [0.4, 0.5) is 0 Å². The summed E-state index contributed by atoms with van der Waals surface area (Å²) in [6.07, 6.45) is 2.00. The van der Waals surface area contributed by atoms with Crippen LogP contribution in [0.2, 0.25) is 0 Å².